The van der Waals surface area contributed by atoms with Gasteiger partial charge in [-0.3, -0.25) is 4.79 Å². The van der Waals surface area contributed by atoms with Crippen molar-refractivity contribution in [3.05, 3.63) is 27.2 Å². The predicted molar refractivity (Wildman–Crippen MR) is 99.0 cm³/mol. The maximum absolute atomic E-state index is 12.3. The molecule has 3 nitrogen and oxygen atoms in total. The number of anilines is 1. The van der Waals surface area contributed by atoms with Crippen LogP contribution >= 0.6 is 34.8 Å². The van der Waals surface area contributed by atoms with Crippen LogP contribution in [0, 0.1) is 17.8 Å². The summed E-state index contributed by atoms with van der Waals surface area (Å²) in [5, 5.41) is 7.57. The fraction of sp³-hybridized carbons (Fsp3) is 0.611. The van der Waals surface area contributed by atoms with Gasteiger partial charge in [-0.25, -0.2) is 0 Å². The predicted octanol–water partition coefficient (Wildman–Crippen LogP) is 5.14. The molecule has 6 heteroatoms. The van der Waals surface area contributed by atoms with Crippen molar-refractivity contribution in [1.29, 1.82) is 0 Å². The van der Waals surface area contributed by atoms with Crippen molar-refractivity contribution in [2.24, 2.45) is 17.8 Å². The smallest absolute Gasteiger partial charge is 0.238 e. The monoisotopic (exact) mass is 386 g/mol. The molecule has 2 N–H and O–H groups in total. The van der Waals surface area contributed by atoms with Gasteiger partial charge in [0.1, 0.15) is 0 Å². The molecular weight excluding hydrogens is 367 g/mol. The normalized spacial score (nSPS) is 33.7. The van der Waals surface area contributed by atoms with Gasteiger partial charge < -0.3 is 10.6 Å². The van der Waals surface area contributed by atoms with Gasteiger partial charge in [0.05, 0.1) is 27.3 Å². The lowest BCUT2D eigenvalue weighted by atomic mass is 9.53. The minimum atomic E-state index is -0.0916. The van der Waals surface area contributed by atoms with Crippen LogP contribution < -0.4 is 10.6 Å². The third kappa shape index (κ3) is 3.29. The largest absolute Gasteiger partial charge is 0.324 e. The highest BCUT2D eigenvalue weighted by Crippen LogP contribution is 2.55. The average molecular weight is 388 g/mol. The molecule has 1 amide bonds. The van der Waals surface area contributed by atoms with Gasteiger partial charge in [-0.15, -0.1) is 0 Å². The summed E-state index contributed by atoms with van der Waals surface area (Å²) in [6.45, 7) is 0.308. The molecular formula is C18H21Cl3N2O. The van der Waals surface area contributed by atoms with Crippen LogP contribution in [0.3, 0.4) is 0 Å². The third-order valence-corrected chi connectivity index (χ3v) is 6.98. The molecule has 130 valence electrons. The quantitative estimate of drug-likeness (QED) is 0.702. The first-order chi connectivity index (χ1) is 11.4. The first kappa shape index (κ1) is 17.0. The zero-order chi connectivity index (χ0) is 16.9. The molecule has 4 saturated carbocycles. The summed E-state index contributed by atoms with van der Waals surface area (Å²) < 4.78 is 0. The molecule has 0 atom stereocenters. The second-order valence-corrected chi connectivity index (χ2v) is 9.07. The van der Waals surface area contributed by atoms with Crippen molar-refractivity contribution in [2.75, 3.05) is 11.9 Å². The molecule has 0 radical (unpaired) electrons. The Morgan fingerprint density at radius 1 is 0.958 bits per heavy atom. The molecule has 0 heterocycles. The number of rotatable bonds is 4. The van der Waals surface area contributed by atoms with E-state index in [1.807, 2.05) is 0 Å². The molecule has 0 aromatic heterocycles. The van der Waals surface area contributed by atoms with Gasteiger partial charge >= 0.3 is 0 Å². The molecule has 0 aliphatic heterocycles. The van der Waals surface area contributed by atoms with E-state index in [2.05, 4.69) is 10.6 Å². The Morgan fingerprint density at radius 2 is 1.50 bits per heavy atom. The summed E-state index contributed by atoms with van der Waals surface area (Å²) in [6, 6.07) is 3.14. The zero-order valence-electron chi connectivity index (χ0n) is 13.4. The summed E-state index contributed by atoms with van der Waals surface area (Å²) in [6.07, 6.45) is 7.85. The van der Waals surface area contributed by atoms with Crippen molar-refractivity contribution < 1.29 is 4.79 Å². The van der Waals surface area contributed by atoms with Crippen LogP contribution in [0.4, 0.5) is 5.69 Å². The SMILES string of the molecule is O=C(CNC12CC3CC(CC(C3)C1)C2)Nc1cc(Cl)c(Cl)cc1Cl. The van der Waals surface area contributed by atoms with Gasteiger partial charge in [-0.1, -0.05) is 34.8 Å². The van der Waals surface area contributed by atoms with Gasteiger partial charge in [0.25, 0.3) is 0 Å². The third-order valence-electron chi connectivity index (χ3n) is 5.95. The molecule has 4 aliphatic rings. The van der Waals surface area contributed by atoms with Crippen LogP contribution in [0.5, 0.6) is 0 Å². The maximum atomic E-state index is 12.3. The summed E-state index contributed by atoms with van der Waals surface area (Å²) in [5.41, 5.74) is 0.677. The first-order valence-electron chi connectivity index (χ1n) is 8.62. The van der Waals surface area contributed by atoms with Gasteiger partial charge in [0.15, 0.2) is 0 Å². The van der Waals surface area contributed by atoms with E-state index in [9.17, 15) is 4.79 Å². The fourth-order valence-corrected chi connectivity index (χ4v) is 6.00. The fourth-order valence-electron chi connectivity index (χ4n) is 5.41. The number of amides is 1. The summed E-state index contributed by atoms with van der Waals surface area (Å²) in [5.74, 6) is 2.48. The van der Waals surface area contributed by atoms with Crippen LogP contribution in [0.2, 0.25) is 15.1 Å². The highest BCUT2D eigenvalue weighted by atomic mass is 35.5. The molecule has 4 aliphatic carbocycles. The highest BCUT2D eigenvalue weighted by molar-refractivity contribution is 6.44. The number of hydrogen-bond acceptors (Lipinski definition) is 2. The first-order valence-corrected chi connectivity index (χ1v) is 9.75. The van der Waals surface area contributed by atoms with Gasteiger partial charge in [-0.05, 0) is 68.4 Å². The number of hydrogen-bond donors (Lipinski definition) is 2. The highest BCUT2D eigenvalue weighted by Gasteiger charge is 2.50. The topological polar surface area (TPSA) is 41.1 Å². The standard InChI is InChI=1S/C18H21Cl3N2O/c19-13-4-15(21)16(5-14(13)20)23-17(24)9-22-18-6-10-1-11(7-18)3-12(2-10)8-18/h4-5,10-12,22H,1-3,6-9H2,(H,23,24). The summed E-state index contributed by atoms with van der Waals surface area (Å²) >= 11 is 18.0. The van der Waals surface area contributed by atoms with E-state index in [0.717, 1.165) is 17.8 Å². The minimum absolute atomic E-state index is 0.0916. The van der Waals surface area contributed by atoms with Gasteiger partial charge in [0, 0.05) is 5.54 Å². The number of carbonyl (C=O) groups excluding carboxylic acids is 1. The number of nitrogens with one attached hydrogen (secondary N) is 2. The van der Waals surface area contributed by atoms with E-state index < -0.39 is 0 Å². The van der Waals surface area contributed by atoms with E-state index >= 15 is 0 Å². The summed E-state index contributed by atoms with van der Waals surface area (Å²) in [4.78, 5) is 12.3. The molecule has 0 spiro atoms. The van der Waals surface area contributed by atoms with Crippen molar-refractivity contribution in [3.8, 4) is 0 Å². The number of halogens is 3. The van der Waals surface area contributed by atoms with Crippen LogP contribution in [-0.2, 0) is 4.79 Å². The molecule has 4 fully saturated rings. The van der Waals surface area contributed by atoms with Gasteiger partial charge in [-0.2, -0.15) is 0 Å². The zero-order valence-corrected chi connectivity index (χ0v) is 15.6. The molecule has 0 unspecified atom stereocenters. The number of benzene rings is 1. The van der Waals surface area contributed by atoms with Crippen LogP contribution in [0.15, 0.2) is 12.1 Å². The second kappa shape index (κ2) is 6.35. The van der Waals surface area contributed by atoms with Gasteiger partial charge in [0.2, 0.25) is 5.91 Å². The van der Waals surface area contributed by atoms with E-state index in [0.29, 0.717) is 27.3 Å². The Hall–Kier alpha value is -0.480. The molecule has 1 aromatic rings. The van der Waals surface area contributed by atoms with Crippen molar-refractivity contribution in [2.45, 2.75) is 44.1 Å². The maximum Gasteiger partial charge on any atom is 0.238 e. The van der Waals surface area contributed by atoms with E-state index in [1.165, 1.54) is 38.5 Å². The Balaban J connectivity index is 1.38. The number of carbonyl (C=O) groups is 1. The Morgan fingerprint density at radius 3 is 2.08 bits per heavy atom. The minimum Gasteiger partial charge on any atom is -0.324 e. The Bertz CT molecular complexity index is 641. The van der Waals surface area contributed by atoms with Crippen LogP contribution in [0.1, 0.15) is 38.5 Å². The molecule has 5 rings (SSSR count). The van der Waals surface area contributed by atoms with Crippen LogP contribution in [-0.4, -0.2) is 18.0 Å². The lowest BCUT2D eigenvalue weighted by Gasteiger charge is -2.57. The van der Waals surface area contributed by atoms with Crippen LogP contribution in [0.25, 0.3) is 0 Å². The van der Waals surface area contributed by atoms with Crippen molar-refractivity contribution in [3.63, 3.8) is 0 Å². The molecule has 1 aromatic carbocycles. The lowest BCUT2D eigenvalue weighted by Crippen LogP contribution is -2.59. The van der Waals surface area contributed by atoms with E-state index in [-0.39, 0.29) is 11.4 Å². The molecule has 4 bridgehead atoms. The molecule has 0 saturated heterocycles. The molecule has 24 heavy (non-hydrogen) atoms. The van der Waals surface area contributed by atoms with E-state index in [4.69, 9.17) is 34.8 Å². The summed E-state index contributed by atoms with van der Waals surface area (Å²) in [7, 11) is 0. The van der Waals surface area contributed by atoms with Crippen molar-refractivity contribution >= 4 is 46.4 Å². The average Bonchev–Trinajstić information content (AvgIpc) is 2.49. The van der Waals surface area contributed by atoms with E-state index in [1.54, 1.807) is 12.1 Å². The lowest BCUT2D eigenvalue weighted by molar-refractivity contribution is -0.116. The Kier molecular flexibility index (Phi) is 4.49. The Labute approximate surface area is 157 Å². The van der Waals surface area contributed by atoms with Crippen molar-refractivity contribution in [1.82, 2.24) is 5.32 Å². The second-order valence-electron chi connectivity index (χ2n) is 7.85.